The molecule has 4 nitrogen and oxygen atoms in total. The van der Waals surface area contributed by atoms with Crippen molar-refractivity contribution in [2.45, 2.75) is 31.9 Å². The Morgan fingerprint density at radius 1 is 1.54 bits per heavy atom. The SMILES string of the molecule is COC(C)C(=O)NC1CCOCC1. The van der Waals surface area contributed by atoms with Crippen molar-refractivity contribution >= 4 is 5.91 Å². The second kappa shape index (κ2) is 5.19. The van der Waals surface area contributed by atoms with Gasteiger partial charge in [-0.2, -0.15) is 0 Å². The molecule has 1 atom stereocenters. The Morgan fingerprint density at radius 2 is 2.15 bits per heavy atom. The molecule has 1 aliphatic heterocycles. The van der Waals surface area contributed by atoms with E-state index in [2.05, 4.69) is 5.32 Å². The minimum absolute atomic E-state index is 0.0330. The van der Waals surface area contributed by atoms with Crippen LogP contribution in [0.1, 0.15) is 19.8 Å². The number of methoxy groups -OCH3 is 1. The molecule has 1 rings (SSSR count). The quantitative estimate of drug-likeness (QED) is 0.692. The molecule has 0 bridgehead atoms. The Hall–Kier alpha value is -0.610. The third-order valence-electron chi connectivity index (χ3n) is 2.29. The Balaban J connectivity index is 2.26. The predicted octanol–water partition coefficient (Wildman–Crippen LogP) is 0.316. The Morgan fingerprint density at radius 3 is 2.69 bits per heavy atom. The lowest BCUT2D eigenvalue weighted by molar-refractivity contribution is -0.131. The molecule has 0 spiro atoms. The highest BCUT2D eigenvalue weighted by molar-refractivity contribution is 5.80. The van der Waals surface area contributed by atoms with E-state index < -0.39 is 0 Å². The van der Waals surface area contributed by atoms with Gasteiger partial charge in [0.25, 0.3) is 0 Å². The van der Waals surface area contributed by atoms with Gasteiger partial charge in [-0.15, -0.1) is 0 Å². The van der Waals surface area contributed by atoms with Crippen LogP contribution in [0.5, 0.6) is 0 Å². The van der Waals surface area contributed by atoms with Crippen LogP contribution in [0.15, 0.2) is 0 Å². The first kappa shape index (κ1) is 10.5. The van der Waals surface area contributed by atoms with Gasteiger partial charge in [0.2, 0.25) is 5.91 Å². The van der Waals surface area contributed by atoms with E-state index in [0.29, 0.717) is 0 Å². The molecule has 0 aromatic heterocycles. The molecular formula is C9H17NO3. The second-order valence-corrected chi connectivity index (χ2v) is 3.27. The summed E-state index contributed by atoms with van der Waals surface area (Å²) in [6, 6.07) is 0.263. The summed E-state index contributed by atoms with van der Waals surface area (Å²) in [6.07, 6.45) is 1.45. The lowest BCUT2D eigenvalue weighted by Crippen LogP contribution is -2.43. The number of carbonyl (C=O) groups is 1. The van der Waals surface area contributed by atoms with Crippen molar-refractivity contribution in [2.24, 2.45) is 0 Å². The van der Waals surface area contributed by atoms with Crippen molar-refractivity contribution in [2.75, 3.05) is 20.3 Å². The van der Waals surface area contributed by atoms with Crippen LogP contribution < -0.4 is 5.32 Å². The summed E-state index contributed by atoms with van der Waals surface area (Å²) in [7, 11) is 1.54. The molecule has 1 fully saturated rings. The number of carbonyl (C=O) groups excluding carboxylic acids is 1. The topological polar surface area (TPSA) is 47.6 Å². The smallest absolute Gasteiger partial charge is 0.249 e. The fourth-order valence-electron chi connectivity index (χ4n) is 1.27. The Kier molecular flexibility index (Phi) is 4.18. The molecule has 0 aromatic rings. The minimum Gasteiger partial charge on any atom is -0.381 e. The highest BCUT2D eigenvalue weighted by atomic mass is 16.5. The van der Waals surface area contributed by atoms with Crippen LogP contribution in [0.25, 0.3) is 0 Å². The van der Waals surface area contributed by atoms with Gasteiger partial charge in [-0.1, -0.05) is 0 Å². The molecule has 13 heavy (non-hydrogen) atoms. The van der Waals surface area contributed by atoms with Crippen LogP contribution >= 0.6 is 0 Å². The highest BCUT2D eigenvalue weighted by Gasteiger charge is 2.19. The van der Waals surface area contributed by atoms with Crippen LogP contribution in [-0.2, 0) is 14.3 Å². The van der Waals surface area contributed by atoms with Gasteiger partial charge in [-0.25, -0.2) is 0 Å². The zero-order chi connectivity index (χ0) is 9.68. The number of ether oxygens (including phenoxy) is 2. The van der Waals surface area contributed by atoms with Crippen molar-refractivity contribution in [3.05, 3.63) is 0 Å². The lowest BCUT2D eigenvalue weighted by atomic mass is 10.1. The third kappa shape index (κ3) is 3.32. The summed E-state index contributed by atoms with van der Waals surface area (Å²) in [5.41, 5.74) is 0. The normalized spacial score (nSPS) is 21.1. The Labute approximate surface area is 78.6 Å². The molecule has 0 saturated carbocycles. The van der Waals surface area contributed by atoms with E-state index >= 15 is 0 Å². The van der Waals surface area contributed by atoms with Crippen molar-refractivity contribution in [3.8, 4) is 0 Å². The molecule has 1 saturated heterocycles. The largest absolute Gasteiger partial charge is 0.381 e. The maximum Gasteiger partial charge on any atom is 0.249 e. The average Bonchev–Trinajstić information content (AvgIpc) is 2.18. The first-order chi connectivity index (χ1) is 6.24. The number of hydrogen-bond acceptors (Lipinski definition) is 3. The molecule has 1 heterocycles. The maximum atomic E-state index is 11.4. The molecule has 76 valence electrons. The lowest BCUT2D eigenvalue weighted by Gasteiger charge is -2.24. The second-order valence-electron chi connectivity index (χ2n) is 3.27. The molecule has 0 radical (unpaired) electrons. The van der Waals surface area contributed by atoms with Crippen LogP contribution in [0.3, 0.4) is 0 Å². The molecule has 1 N–H and O–H groups in total. The number of amides is 1. The van der Waals surface area contributed by atoms with Crippen molar-refractivity contribution in [3.63, 3.8) is 0 Å². The summed E-state index contributed by atoms with van der Waals surface area (Å²) in [6.45, 7) is 3.23. The number of nitrogens with one attached hydrogen (secondary N) is 1. The van der Waals surface area contributed by atoms with Crippen LogP contribution in [0.4, 0.5) is 0 Å². The van der Waals surface area contributed by atoms with Gasteiger partial charge in [0.05, 0.1) is 0 Å². The molecule has 1 unspecified atom stereocenters. The van der Waals surface area contributed by atoms with E-state index in [1.165, 1.54) is 7.11 Å². The van der Waals surface area contributed by atoms with E-state index in [0.717, 1.165) is 26.1 Å². The van der Waals surface area contributed by atoms with Crippen molar-refractivity contribution < 1.29 is 14.3 Å². The first-order valence-corrected chi connectivity index (χ1v) is 4.65. The van der Waals surface area contributed by atoms with Crippen LogP contribution in [0, 0.1) is 0 Å². The van der Waals surface area contributed by atoms with Gasteiger partial charge in [0.15, 0.2) is 0 Å². The van der Waals surface area contributed by atoms with Gasteiger partial charge in [0.1, 0.15) is 6.10 Å². The zero-order valence-corrected chi connectivity index (χ0v) is 8.21. The molecule has 0 aromatic carbocycles. The van der Waals surface area contributed by atoms with Gasteiger partial charge in [-0.05, 0) is 19.8 Å². The highest BCUT2D eigenvalue weighted by Crippen LogP contribution is 2.06. The standard InChI is InChI=1S/C9H17NO3/c1-7(12-2)9(11)10-8-3-5-13-6-4-8/h7-8H,3-6H2,1-2H3,(H,10,11). The van der Waals surface area contributed by atoms with E-state index in [1.54, 1.807) is 6.92 Å². The zero-order valence-electron chi connectivity index (χ0n) is 8.21. The number of hydrogen-bond donors (Lipinski definition) is 1. The predicted molar refractivity (Wildman–Crippen MR) is 48.5 cm³/mol. The monoisotopic (exact) mass is 187 g/mol. The van der Waals surface area contributed by atoms with Crippen LogP contribution in [0.2, 0.25) is 0 Å². The van der Waals surface area contributed by atoms with Crippen LogP contribution in [-0.4, -0.2) is 38.4 Å². The van der Waals surface area contributed by atoms with E-state index in [-0.39, 0.29) is 18.1 Å². The summed E-state index contributed by atoms with van der Waals surface area (Å²) < 4.78 is 10.1. The fraction of sp³-hybridized carbons (Fsp3) is 0.889. The summed E-state index contributed by atoms with van der Waals surface area (Å²) >= 11 is 0. The molecule has 0 aliphatic carbocycles. The molecular weight excluding hydrogens is 170 g/mol. The molecule has 4 heteroatoms. The maximum absolute atomic E-state index is 11.4. The van der Waals surface area contributed by atoms with E-state index in [9.17, 15) is 4.79 Å². The Bertz CT molecular complexity index is 166. The van der Waals surface area contributed by atoms with E-state index in [1.807, 2.05) is 0 Å². The first-order valence-electron chi connectivity index (χ1n) is 4.65. The van der Waals surface area contributed by atoms with E-state index in [4.69, 9.17) is 9.47 Å². The van der Waals surface area contributed by atoms with Crippen molar-refractivity contribution in [1.82, 2.24) is 5.32 Å². The summed E-state index contributed by atoms with van der Waals surface area (Å²) in [5.74, 6) is -0.0330. The van der Waals surface area contributed by atoms with Gasteiger partial charge < -0.3 is 14.8 Å². The third-order valence-corrected chi connectivity index (χ3v) is 2.29. The average molecular weight is 187 g/mol. The molecule has 1 amide bonds. The van der Waals surface area contributed by atoms with Crippen molar-refractivity contribution in [1.29, 1.82) is 0 Å². The van der Waals surface area contributed by atoms with Gasteiger partial charge >= 0.3 is 0 Å². The molecule has 1 aliphatic rings. The minimum atomic E-state index is -0.358. The summed E-state index contributed by atoms with van der Waals surface area (Å²) in [4.78, 5) is 11.4. The van der Waals surface area contributed by atoms with Gasteiger partial charge in [-0.3, -0.25) is 4.79 Å². The van der Waals surface area contributed by atoms with Gasteiger partial charge in [0, 0.05) is 26.4 Å². The number of rotatable bonds is 3. The fourth-order valence-corrected chi connectivity index (χ4v) is 1.27. The summed E-state index contributed by atoms with van der Waals surface area (Å²) in [5, 5.41) is 2.93.